The monoisotopic (exact) mass is 964 g/mol. The summed E-state index contributed by atoms with van der Waals surface area (Å²) in [6, 6.07) is 4.02. The first-order valence-electron chi connectivity index (χ1n) is 21.5. The van der Waals surface area contributed by atoms with Crippen LogP contribution in [0.3, 0.4) is 0 Å². The molecule has 4 N–H and O–H groups in total. The number of rotatable bonds is 16. The molecule has 64 heavy (non-hydrogen) atoms. The second-order valence-electron chi connectivity index (χ2n) is 17.8. The van der Waals surface area contributed by atoms with Gasteiger partial charge in [-0.05, 0) is 88.9 Å². The van der Waals surface area contributed by atoms with Crippen LogP contribution in [0.5, 0.6) is 23.5 Å². The molecule has 6 amide bonds. The fourth-order valence-corrected chi connectivity index (χ4v) is 32.8. The second-order valence-corrected chi connectivity index (χ2v) is 32.2. The van der Waals surface area contributed by atoms with E-state index >= 15 is 0 Å². The van der Waals surface area contributed by atoms with Crippen molar-refractivity contribution in [3.05, 3.63) is 23.3 Å². The van der Waals surface area contributed by atoms with Crippen molar-refractivity contribution in [1.82, 2.24) is 18.9 Å². The van der Waals surface area contributed by atoms with Crippen LogP contribution in [0.4, 0.5) is 0 Å². The number of nitrogens with zero attached hydrogens (tertiary/aromatic N) is 4. The van der Waals surface area contributed by atoms with Crippen molar-refractivity contribution in [3.63, 3.8) is 0 Å². The first kappa shape index (κ1) is 50.4. The van der Waals surface area contributed by atoms with Crippen LogP contribution in [0.25, 0.3) is 0 Å². The molecule has 3 aliphatic heterocycles. The van der Waals surface area contributed by atoms with Gasteiger partial charge in [-0.25, -0.2) is 18.9 Å². The molecule has 20 nitrogen and oxygen atoms in total. The number of carbonyl (C=O) groups excluding carboxylic acids is 8. The van der Waals surface area contributed by atoms with Crippen LogP contribution in [0.1, 0.15) is 99.8 Å². The molecule has 0 spiro atoms. The van der Waals surface area contributed by atoms with Gasteiger partial charge in [0, 0.05) is 75.6 Å². The maximum Gasteiger partial charge on any atom is 0.317 e. The number of aromatic nitrogens is 2. The summed E-state index contributed by atoms with van der Waals surface area (Å²) < 4.78 is 30.5. The molecule has 0 aromatic carbocycles. The van der Waals surface area contributed by atoms with Crippen LogP contribution in [0.15, 0.2) is 12.1 Å². The summed E-state index contributed by atoms with van der Waals surface area (Å²) in [6.45, 7) is 12.3. The summed E-state index contributed by atoms with van der Waals surface area (Å²) in [7, 11) is -13.5. The van der Waals surface area contributed by atoms with Crippen molar-refractivity contribution >= 4 is 81.5 Å². The smallest absolute Gasteiger partial charge is 0.317 e. The number of amides is 6. The lowest BCUT2D eigenvalue weighted by Gasteiger charge is -2.50. The molecule has 3 saturated heterocycles. The summed E-state index contributed by atoms with van der Waals surface area (Å²) in [5, 5.41) is 42.2. The van der Waals surface area contributed by atoms with Gasteiger partial charge in [0.2, 0.25) is 70.8 Å². The average Bonchev–Trinajstić information content (AvgIpc) is 3.80. The molecule has 3 aliphatic rings. The van der Waals surface area contributed by atoms with Gasteiger partial charge < -0.3 is 36.9 Å². The van der Waals surface area contributed by atoms with E-state index in [4.69, 9.17) is 16.5 Å². The third-order valence-electron chi connectivity index (χ3n) is 12.1. The Kier molecular flexibility index (Phi) is 15.4. The lowest BCUT2D eigenvalue weighted by molar-refractivity contribution is -0.151. The van der Waals surface area contributed by atoms with E-state index in [0.717, 1.165) is 9.13 Å². The average molecular weight is 965 g/mol. The molecule has 2 aromatic heterocycles. The molecule has 352 valence electrons. The molecule has 6 unspecified atom stereocenters. The molecule has 6 atom stereocenters. The number of imide groups is 6. The van der Waals surface area contributed by atoms with Gasteiger partial charge in [0.25, 0.3) is 0 Å². The van der Waals surface area contributed by atoms with Gasteiger partial charge in [0.15, 0.2) is 0 Å². The maximum atomic E-state index is 13.0. The molecular weight excluding hydrogens is 905 g/mol. The van der Waals surface area contributed by atoms with Crippen LogP contribution >= 0.6 is 0 Å². The van der Waals surface area contributed by atoms with E-state index in [1.165, 1.54) is 39.8 Å². The van der Waals surface area contributed by atoms with Gasteiger partial charge in [-0.3, -0.25) is 38.4 Å². The largest absolute Gasteiger partial charge is 0.494 e. The molecule has 0 aliphatic carbocycles. The standard InChI is InChI=1S/C40H60N4O16Si4/c1-25(45)41-33(49)21-29(37(41)53)13-9-17-61(5)57-62(6,18-10-14-30-22-34(50)42(26(2)46)38(30)54)59-64(8,20-12-16-32-24-36(52)44(28(4)48)40(32)56)60-63(7,58-61)19-11-15-31-23-35(51)43(27(3)47)39(31)55/h21-22,31-32,49-50,53-54H,9-20,23-24H2,1-8H3. The van der Waals surface area contributed by atoms with Crippen LogP contribution in [-0.2, 0) is 58.1 Å². The predicted octanol–water partition coefficient (Wildman–Crippen LogP) is 4.77. The highest BCUT2D eigenvalue weighted by Gasteiger charge is 2.57. The zero-order chi connectivity index (χ0) is 47.7. The van der Waals surface area contributed by atoms with Gasteiger partial charge in [0.05, 0.1) is 0 Å². The van der Waals surface area contributed by atoms with Crippen molar-refractivity contribution in [1.29, 1.82) is 0 Å². The van der Waals surface area contributed by atoms with Gasteiger partial charge in [-0.1, -0.05) is 12.8 Å². The summed E-state index contributed by atoms with van der Waals surface area (Å²) in [4.78, 5) is 101. The van der Waals surface area contributed by atoms with Gasteiger partial charge in [0.1, 0.15) is 0 Å². The normalized spacial score (nSPS) is 27.6. The number of hydrogen-bond acceptors (Lipinski definition) is 16. The lowest BCUT2D eigenvalue weighted by Crippen LogP contribution is -2.67. The van der Waals surface area contributed by atoms with Crippen molar-refractivity contribution in [3.8, 4) is 23.5 Å². The zero-order valence-corrected chi connectivity index (χ0v) is 41.7. The van der Waals surface area contributed by atoms with Crippen LogP contribution in [0.2, 0.25) is 50.4 Å². The van der Waals surface area contributed by atoms with E-state index in [-0.39, 0.29) is 50.3 Å². The zero-order valence-electron chi connectivity index (χ0n) is 37.7. The van der Waals surface area contributed by atoms with Crippen LogP contribution < -0.4 is 0 Å². The first-order chi connectivity index (χ1) is 29.7. The van der Waals surface area contributed by atoms with E-state index in [0.29, 0.717) is 70.8 Å². The Morgan fingerprint density at radius 1 is 0.531 bits per heavy atom. The van der Waals surface area contributed by atoms with E-state index in [1.807, 2.05) is 26.2 Å². The molecule has 0 radical (unpaired) electrons. The molecule has 5 heterocycles. The fourth-order valence-electron chi connectivity index (χ4n) is 9.42. The maximum absolute atomic E-state index is 13.0. The minimum absolute atomic E-state index is 0.0957. The number of aryl methyl sites for hydroxylation is 2. The molecule has 0 bridgehead atoms. The van der Waals surface area contributed by atoms with E-state index < -0.39 is 105 Å². The Morgan fingerprint density at radius 2 is 0.828 bits per heavy atom. The van der Waals surface area contributed by atoms with Crippen LogP contribution in [0, 0.1) is 11.8 Å². The third-order valence-corrected chi connectivity index (χ3v) is 30.9. The molecular formula is C40H60N4O16Si4. The molecule has 5 rings (SSSR count). The van der Waals surface area contributed by atoms with Crippen molar-refractivity contribution in [2.75, 3.05) is 0 Å². The van der Waals surface area contributed by atoms with Crippen LogP contribution in [-0.4, -0.2) is 121 Å². The summed E-state index contributed by atoms with van der Waals surface area (Å²) in [5.41, 5.74) is 0.682. The Labute approximate surface area is 375 Å². The molecule has 0 saturated carbocycles. The number of aromatic hydroxyl groups is 4. The fraction of sp³-hybridized carbons (Fsp3) is 0.600. The SMILES string of the molecule is CC(=O)N1C(=O)CC(CCC[Si]2(C)O[Si](C)(CCCc3cc(O)n(C(C)=O)c3O)O[Si](C)(CCCc3cc(O)n(C(C)=O)c3O)O[Si](C)(CCCC3CC(=O)N(C(C)=O)C3=O)O2)C1=O. The lowest BCUT2D eigenvalue weighted by atomic mass is 10.0. The number of carbonyl (C=O) groups is 8. The minimum Gasteiger partial charge on any atom is -0.494 e. The topological polar surface area (TPSA) is 271 Å². The van der Waals surface area contributed by atoms with Crippen molar-refractivity contribution < 1.29 is 75.2 Å². The van der Waals surface area contributed by atoms with Gasteiger partial charge in [-0.15, -0.1) is 0 Å². The molecule has 24 heteroatoms. The predicted molar refractivity (Wildman–Crippen MR) is 235 cm³/mol. The number of hydrogen-bond donors (Lipinski definition) is 4. The Hall–Kier alpha value is -4.57. The summed E-state index contributed by atoms with van der Waals surface area (Å²) in [6.07, 6.45) is 2.41. The van der Waals surface area contributed by atoms with Gasteiger partial charge in [-0.2, -0.15) is 0 Å². The van der Waals surface area contributed by atoms with E-state index in [1.54, 1.807) is 0 Å². The Bertz CT molecular complexity index is 2080. The van der Waals surface area contributed by atoms with E-state index in [9.17, 15) is 58.8 Å². The molecule has 3 fully saturated rings. The minimum atomic E-state index is -3.39. The van der Waals surface area contributed by atoms with Gasteiger partial charge >= 0.3 is 34.2 Å². The van der Waals surface area contributed by atoms with Crippen molar-refractivity contribution in [2.24, 2.45) is 11.8 Å². The second kappa shape index (κ2) is 19.5. The first-order valence-corrected chi connectivity index (χ1v) is 31.6. The summed E-state index contributed by atoms with van der Waals surface area (Å²) in [5.74, 6) is -7.57. The highest BCUT2D eigenvalue weighted by Crippen LogP contribution is 2.41. The highest BCUT2D eigenvalue weighted by atomic mass is 28.5. The quantitative estimate of drug-likeness (QED) is 0.130. The Morgan fingerprint density at radius 3 is 1.08 bits per heavy atom. The third kappa shape index (κ3) is 11.3. The highest BCUT2D eigenvalue weighted by molar-refractivity contribution is 6.93. The Balaban J connectivity index is 1.44. The van der Waals surface area contributed by atoms with Crippen molar-refractivity contribution in [2.45, 2.75) is 142 Å². The van der Waals surface area contributed by atoms with E-state index in [2.05, 4.69) is 0 Å². The number of likely N-dealkylation sites (tertiary alicyclic amines) is 2. The molecule has 2 aromatic rings. The summed E-state index contributed by atoms with van der Waals surface area (Å²) >= 11 is 0.